The fourth-order valence-corrected chi connectivity index (χ4v) is 3.45. The molecule has 1 fully saturated rings. The summed E-state index contributed by atoms with van der Waals surface area (Å²) in [7, 11) is 0. The zero-order valence-corrected chi connectivity index (χ0v) is 16.1. The van der Waals surface area contributed by atoms with E-state index >= 15 is 0 Å². The van der Waals surface area contributed by atoms with Crippen molar-refractivity contribution in [2.24, 2.45) is 0 Å². The molecule has 0 atom stereocenters. The van der Waals surface area contributed by atoms with Gasteiger partial charge in [-0.3, -0.25) is 0 Å². The van der Waals surface area contributed by atoms with Crippen LogP contribution in [0.3, 0.4) is 0 Å². The van der Waals surface area contributed by atoms with Crippen molar-refractivity contribution in [1.82, 2.24) is 9.97 Å². The van der Waals surface area contributed by atoms with Gasteiger partial charge < -0.3 is 19.9 Å². The predicted molar refractivity (Wildman–Crippen MR) is 114 cm³/mol. The molecule has 1 aliphatic rings. The van der Waals surface area contributed by atoms with E-state index in [0.29, 0.717) is 0 Å². The molecule has 0 saturated carbocycles. The van der Waals surface area contributed by atoms with Crippen LogP contribution in [0.4, 0.5) is 28.7 Å². The average Bonchev–Trinajstić information content (AvgIpc) is 2.76. The van der Waals surface area contributed by atoms with Crippen LogP contribution in [0.25, 0.3) is 0 Å². The summed E-state index contributed by atoms with van der Waals surface area (Å²) in [4.78, 5) is 13.4. The Hall–Kier alpha value is -3.12. The molecule has 0 unspecified atom stereocenters. The number of nitrogens with one attached hydrogen (secondary N) is 1. The summed E-state index contributed by atoms with van der Waals surface area (Å²) in [5.41, 5.74) is 3.32. The van der Waals surface area contributed by atoms with E-state index in [0.717, 1.165) is 55.9 Å². The molecule has 6 heteroatoms. The quantitative estimate of drug-likeness (QED) is 0.696. The summed E-state index contributed by atoms with van der Waals surface area (Å²) in [5.74, 6) is 1.65. The minimum Gasteiger partial charge on any atom is -0.378 e. The highest BCUT2D eigenvalue weighted by molar-refractivity contribution is 5.75. The Bertz CT molecular complexity index is 896. The minimum absolute atomic E-state index is 0.758. The molecule has 2 aromatic carbocycles. The van der Waals surface area contributed by atoms with Gasteiger partial charge in [0.2, 0.25) is 0 Å². The van der Waals surface area contributed by atoms with E-state index in [4.69, 9.17) is 4.74 Å². The predicted octanol–water partition coefficient (Wildman–Crippen LogP) is 4.21. The number of para-hydroxylation sites is 3. The molecule has 0 spiro atoms. The molecule has 1 aromatic heterocycles. The van der Waals surface area contributed by atoms with Crippen LogP contribution in [-0.4, -0.2) is 42.8 Å². The summed E-state index contributed by atoms with van der Waals surface area (Å²) in [5, 5.41) is 3.48. The number of hydrogen-bond acceptors (Lipinski definition) is 6. The molecule has 2 heterocycles. The SMILES string of the molecule is CCN(c1ccccc1)c1cc(Nc2ccccc2N2CCOCC2)ncn1. The Kier molecular flexibility index (Phi) is 5.68. The Morgan fingerprint density at radius 3 is 2.54 bits per heavy atom. The normalized spacial score (nSPS) is 14.0. The lowest BCUT2D eigenvalue weighted by molar-refractivity contribution is 0.123. The van der Waals surface area contributed by atoms with Gasteiger partial charge in [-0.15, -0.1) is 0 Å². The lowest BCUT2D eigenvalue weighted by atomic mass is 10.2. The van der Waals surface area contributed by atoms with Gasteiger partial charge in [0.15, 0.2) is 0 Å². The van der Waals surface area contributed by atoms with Crippen LogP contribution in [0.2, 0.25) is 0 Å². The van der Waals surface area contributed by atoms with Gasteiger partial charge >= 0.3 is 0 Å². The van der Waals surface area contributed by atoms with Gasteiger partial charge in [-0.25, -0.2) is 9.97 Å². The van der Waals surface area contributed by atoms with E-state index in [1.165, 1.54) is 5.69 Å². The average molecular weight is 375 g/mol. The number of aromatic nitrogens is 2. The van der Waals surface area contributed by atoms with Crippen LogP contribution in [0, 0.1) is 0 Å². The number of rotatable bonds is 6. The number of anilines is 5. The Labute approximate surface area is 165 Å². The van der Waals surface area contributed by atoms with Crippen molar-refractivity contribution in [3.8, 4) is 0 Å². The highest BCUT2D eigenvalue weighted by atomic mass is 16.5. The summed E-state index contributed by atoms with van der Waals surface area (Å²) in [6.45, 7) is 6.25. The highest BCUT2D eigenvalue weighted by Crippen LogP contribution is 2.30. The molecule has 0 bridgehead atoms. The first-order chi connectivity index (χ1) is 13.8. The Morgan fingerprint density at radius 2 is 1.75 bits per heavy atom. The van der Waals surface area contributed by atoms with Gasteiger partial charge in [0.1, 0.15) is 18.0 Å². The van der Waals surface area contributed by atoms with E-state index in [-0.39, 0.29) is 0 Å². The van der Waals surface area contributed by atoms with Crippen LogP contribution >= 0.6 is 0 Å². The smallest absolute Gasteiger partial charge is 0.138 e. The van der Waals surface area contributed by atoms with Gasteiger partial charge in [-0.1, -0.05) is 30.3 Å². The third kappa shape index (κ3) is 4.07. The molecular formula is C22H25N5O. The van der Waals surface area contributed by atoms with Crippen molar-refractivity contribution in [3.63, 3.8) is 0 Å². The molecule has 1 N–H and O–H groups in total. The third-order valence-electron chi connectivity index (χ3n) is 4.83. The van der Waals surface area contributed by atoms with Crippen LogP contribution in [0.15, 0.2) is 67.0 Å². The molecule has 4 rings (SSSR count). The molecule has 0 aliphatic carbocycles. The number of benzene rings is 2. The van der Waals surface area contributed by atoms with Gasteiger partial charge in [0.25, 0.3) is 0 Å². The second kappa shape index (κ2) is 8.71. The fraction of sp³-hybridized carbons (Fsp3) is 0.273. The first kappa shape index (κ1) is 18.3. The molecule has 28 heavy (non-hydrogen) atoms. The van der Waals surface area contributed by atoms with E-state index in [2.05, 4.69) is 62.3 Å². The number of ether oxygens (including phenoxy) is 1. The van der Waals surface area contributed by atoms with Crippen LogP contribution in [0.5, 0.6) is 0 Å². The Balaban J connectivity index is 1.59. The number of morpholine rings is 1. The molecule has 1 aliphatic heterocycles. The Morgan fingerprint density at radius 1 is 1.00 bits per heavy atom. The third-order valence-corrected chi connectivity index (χ3v) is 4.83. The van der Waals surface area contributed by atoms with Crippen LogP contribution < -0.4 is 15.1 Å². The van der Waals surface area contributed by atoms with Crippen molar-refractivity contribution in [3.05, 3.63) is 67.0 Å². The van der Waals surface area contributed by atoms with E-state index in [1.54, 1.807) is 6.33 Å². The van der Waals surface area contributed by atoms with E-state index < -0.39 is 0 Å². The zero-order valence-electron chi connectivity index (χ0n) is 16.1. The van der Waals surface area contributed by atoms with Crippen LogP contribution in [-0.2, 0) is 4.74 Å². The van der Waals surface area contributed by atoms with Crippen molar-refractivity contribution in [1.29, 1.82) is 0 Å². The van der Waals surface area contributed by atoms with Crippen molar-refractivity contribution in [2.45, 2.75) is 6.92 Å². The summed E-state index contributed by atoms with van der Waals surface area (Å²) in [6, 6.07) is 20.6. The molecule has 6 nitrogen and oxygen atoms in total. The van der Waals surface area contributed by atoms with E-state index in [9.17, 15) is 0 Å². The lowest BCUT2D eigenvalue weighted by Crippen LogP contribution is -2.36. The second-order valence-corrected chi connectivity index (χ2v) is 6.58. The molecule has 144 valence electrons. The van der Waals surface area contributed by atoms with Gasteiger partial charge in [-0.05, 0) is 31.2 Å². The first-order valence-corrected chi connectivity index (χ1v) is 9.68. The maximum Gasteiger partial charge on any atom is 0.138 e. The standard InChI is InChI=1S/C22H25N5O/c1-2-27(18-8-4-3-5-9-18)22-16-21(23-17-24-22)25-19-10-6-7-11-20(19)26-12-14-28-15-13-26/h3-11,16-17H,2,12-15H2,1H3,(H,23,24,25). The van der Waals surface area contributed by atoms with Crippen molar-refractivity contribution >= 4 is 28.7 Å². The van der Waals surface area contributed by atoms with Crippen molar-refractivity contribution in [2.75, 3.05) is 48.0 Å². The second-order valence-electron chi connectivity index (χ2n) is 6.58. The van der Waals surface area contributed by atoms with Gasteiger partial charge in [0, 0.05) is 31.4 Å². The summed E-state index contributed by atoms with van der Waals surface area (Å²) >= 11 is 0. The largest absolute Gasteiger partial charge is 0.378 e. The summed E-state index contributed by atoms with van der Waals surface area (Å²) < 4.78 is 5.49. The van der Waals surface area contributed by atoms with Gasteiger partial charge in [0.05, 0.1) is 24.6 Å². The fourth-order valence-electron chi connectivity index (χ4n) is 3.45. The van der Waals surface area contributed by atoms with Crippen LogP contribution in [0.1, 0.15) is 6.92 Å². The molecule has 0 radical (unpaired) electrons. The van der Waals surface area contributed by atoms with E-state index in [1.807, 2.05) is 30.3 Å². The first-order valence-electron chi connectivity index (χ1n) is 9.68. The zero-order chi connectivity index (χ0) is 19.2. The minimum atomic E-state index is 0.758. The maximum absolute atomic E-state index is 5.49. The highest BCUT2D eigenvalue weighted by Gasteiger charge is 2.15. The maximum atomic E-state index is 5.49. The monoisotopic (exact) mass is 375 g/mol. The number of hydrogen-bond donors (Lipinski definition) is 1. The topological polar surface area (TPSA) is 53.5 Å². The molecule has 3 aromatic rings. The van der Waals surface area contributed by atoms with Gasteiger partial charge in [-0.2, -0.15) is 0 Å². The molecular weight excluding hydrogens is 350 g/mol. The molecule has 0 amide bonds. The lowest BCUT2D eigenvalue weighted by Gasteiger charge is -2.30. The summed E-state index contributed by atoms with van der Waals surface area (Å²) in [6.07, 6.45) is 1.61. The van der Waals surface area contributed by atoms with Crippen molar-refractivity contribution < 1.29 is 4.74 Å². The molecule has 1 saturated heterocycles. The number of nitrogens with zero attached hydrogens (tertiary/aromatic N) is 4.